The molecule has 158 valence electrons. The zero-order valence-electron chi connectivity index (χ0n) is 18.0. The summed E-state index contributed by atoms with van der Waals surface area (Å²) in [6, 6.07) is 23.0. The van der Waals surface area contributed by atoms with Gasteiger partial charge in [0.15, 0.2) is 0 Å². The van der Waals surface area contributed by atoms with Crippen LogP contribution in [-0.4, -0.2) is 23.2 Å². The Bertz CT molecular complexity index is 1220. The largest absolute Gasteiger partial charge is 0.490 e. The molecule has 0 aliphatic carbocycles. The number of para-hydroxylation sites is 1. The van der Waals surface area contributed by atoms with Crippen LogP contribution in [0.15, 0.2) is 77.6 Å². The lowest BCUT2D eigenvalue weighted by Crippen LogP contribution is -2.11. The zero-order chi connectivity index (χ0) is 21.8. The SMILES string of the molecule is CC(C)(C)c1ccc(OCCOc2ccc(-c3nc4ccccc4c(=O)[nH]3)cc2)cc1. The Balaban J connectivity index is 1.33. The van der Waals surface area contributed by atoms with Gasteiger partial charge in [-0.25, -0.2) is 4.98 Å². The van der Waals surface area contributed by atoms with Gasteiger partial charge in [-0.3, -0.25) is 4.79 Å². The first-order valence-electron chi connectivity index (χ1n) is 10.4. The summed E-state index contributed by atoms with van der Waals surface area (Å²) in [6.07, 6.45) is 0. The predicted molar refractivity (Wildman–Crippen MR) is 124 cm³/mol. The third-order valence-electron chi connectivity index (χ3n) is 5.08. The topological polar surface area (TPSA) is 64.2 Å². The normalized spacial score (nSPS) is 11.5. The van der Waals surface area contributed by atoms with E-state index in [1.807, 2.05) is 54.6 Å². The first kappa shape index (κ1) is 20.7. The molecular weight excluding hydrogens is 388 g/mol. The van der Waals surface area contributed by atoms with E-state index >= 15 is 0 Å². The fraction of sp³-hybridized carbons (Fsp3) is 0.231. The number of H-pyrrole nitrogens is 1. The van der Waals surface area contributed by atoms with Crippen LogP contribution in [0.25, 0.3) is 22.3 Å². The van der Waals surface area contributed by atoms with E-state index < -0.39 is 0 Å². The molecule has 1 heterocycles. The minimum absolute atomic E-state index is 0.128. The van der Waals surface area contributed by atoms with Gasteiger partial charge in [0.05, 0.1) is 10.9 Å². The molecule has 0 atom stereocenters. The number of aromatic nitrogens is 2. The summed E-state index contributed by atoms with van der Waals surface area (Å²) >= 11 is 0. The van der Waals surface area contributed by atoms with Gasteiger partial charge >= 0.3 is 0 Å². The van der Waals surface area contributed by atoms with Gasteiger partial charge in [0.2, 0.25) is 0 Å². The van der Waals surface area contributed by atoms with Crippen molar-refractivity contribution in [1.82, 2.24) is 9.97 Å². The first-order valence-corrected chi connectivity index (χ1v) is 10.4. The highest BCUT2D eigenvalue weighted by molar-refractivity contribution is 5.79. The van der Waals surface area contributed by atoms with E-state index in [9.17, 15) is 4.79 Å². The molecule has 0 aliphatic heterocycles. The van der Waals surface area contributed by atoms with Crippen LogP contribution in [0.5, 0.6) is 11.5 Å². The number of nitrogens with zero attached hydrogens (tertiary/aromatic N) is 1. The van der Waals surface area contributed by atoms with Gasteiger partial charge in [-0.15, -0.1) is 0 Å². The van der Waals surface area contributed by atoms with Gasteiger partial charge in [-0.05, 0) is 59.5 Å². The van der Waals surface area contributed by atoms with E-state index in [1.165, 1.54) is 5.56 Å². The number of hydrogen-bond acceptors (Lipinski definition) is 4. The Morgan fingerprint density at radius 1 is 0.806 bits per heavy atom. The number of aromatic amines is 1. The smallest absolute Gasteiger partial charge is 0.259 e. The summed E-state index contributed by atoms with van der Waals surface area (Å²) in [5, 5.41) is 0.583. The molecule has 0 fully saturated rings. The van der Waals surface area contributed by atoms with Gasteiger partial charge in [0.25, 0.3) is 5.56 Å². The van der Waals surface area contributed by atoms with Crippen molar-refractivity contribution < 1.29 is 9.47 Å². The second-order valence-corrected chi connectivity index (χ2v) is 8.43. The Morgan fingerprint density at radius 2 is 1.39 bits per heavy atom. The summed E-state index contributed by atoms with van der Waals surface area (Å²) in [4.78, 5) is 19.7. The van der Waals surface area contributed by atoms with E-state index in [4.69, 9.17) is 9.47 Å². The number of ether oxygens (including phenoxy) is 2. The zero-order valence-corrected chi connectivity index (χ0v) is 18.0. The van der Waals surface area contributed by atoms with E-state index in [1.54, 1.807) is 6.07 Å². The minimum Gasteiger partial charge on any atom is -0.490 e. The lowest BCUT2D eigenvalue weighted by Gasteiger charge is -2.19. The highest BCUT2D eigenvalue weighted by Crippen LogP contribution is 2.24. The monoisotopic (exact) mass is 414 g/mol. The Morgan fingerprint density at radius 3 is 2.00 bits per heavy atom. The third kappa shape index (κ3) is 4.94. The van der Waals surface area contributed by atoms with Crippen molar-refractivity contribution in [2.45, 2.75) is 26.2 Å². The van der Waals surface area contributed by atoms with Crippen LogP contribution in [-0.2, 0) is 5.41 Å². The Labute approximate surface area is 181 Å². The quantitative estimate of drug-likeness (QED) is 0.432. The second kappa shape index (κ2) is 8.64. The predicted octanol–water partition coefficient (Wildman–Crippen LogP) is 5.35. The first-order chi connectivity index (χ1) is 14.9. The van der Waals surface area contributed by atoms with Crippen molar-refractivity contribution in [2.24, 2.45) is 0 Å². The van der Waals surface area contributed by atoms with Gasteiger partial charge in [-0.1, -0.05) is 45.0 Å². The lowest BCUT2D eigenvalue weighted by atomic mass is 9.87. The van der Waals surface area contributed by atoms with Crippen LogP contribution in [0, 0.1) is 0 Å². The lowest BCUT2D eigenvalue weighted by molar-refractivity contribution is 0.217. The minimum atomic E-state index is -0.145. The van der Waals surface area contributed by atoms with Crippen molar-refractivity contribution in [2.75, 3.05) is 13.2 Å². The van der Waals surface area contributed by atoms with Crippen LogP contribution < -0.4 is 15.0 Å². The standard InChI is InChI=1S/C26H26N2O3/c1-26(2,3)19-10-14-21(15-11-19)31-17-16-30-20-12-8-18(9-13-20)24-27-23-7-5-4-6-22(23)25(29)28-24/h4-15H,16-17H2,1-3H3,(H,27,28,29). The Kier molecular flexibility index (Phi) is 5.76. The highest BCUT2D eigenvalue weighted by Gasteiger charge is 2.13. The molecule has 0 bridgehead atoms. The average molecular weight is 415 g/mol. The van der Waals surface area contributed by atoms with Gasteiger partial charge in [0.1, 0.15) is 30.5 Å². The molecule has 0 unspecified atom stereocenters. The van der Waals surface area contributed by atoms with Crippen molar-refractivity contribution in [3.63, 3.8) is 0 Å². The summed E-state index contributed by atoms with van der Waals surface area (Å²) in [5.41, 5.74) is 2.76. The molecule has 0 saturated carbocycles. The molecular formula is C26H26N2O3. The molecule has 5 heteroatoms. The summed E-state index contributed by atoms with van der Waals surface area (Å²) in [7, 11) is 0. The fourth-order valence-electron chi connectivity index (χ4n) is 3.30. The van der Waals surface area contributed by atoms with Crippen molar-refractivity contribution >= 4 is 10.9 Å². The van der Waals surface area contributed by atoms with Crippen LogP contribution >= 0.6 is 0 Å². The van der Waals surface area contributed by atoms with E-state index in [0.717, 1.165) is 17.1 Å². The molecule has 1 N–H and O–H groups in total. The van der Waals surface area contributed by atoms with E-state index in [2.05, 4.69) is 42.9 Å². The molecule has 0 saturated heterocycles. The van der Waals surface area contributed by atoms with Gasteiger partial charge < -0.3 is 14.5 Å². The van der Waals surface area contributed by atoms with Crippen LogP contribution in [0.3, 0.4) is 0 Å². The molecule has 0 aliphatic rings. The molecule has 4 rings (SSSR count). The summed E-state index contributed by atoms with van der Waals surface area (Å²) in [5.74, 6) is 2.11. The number of nitrogens with one attached hydrogen (secondary N) is 1. The van der Waals surface area contributed by atoms with Crippen LogP contribution in [0.2, 0.25) is 0 Å². The molecule has 0 radical (unpaired) electrons. The maximum absolute atomic E-state index is 12.3. The average Bonchev–Trinajstić information content (AvgIpc) is 2.77. The molecule has 31 heavy (non-hydrogen) atoms. The maximum atomic E-state index is 12.3. The highest BCUT2D eigenvalue weighted by atomic mass is 16.5. The number of fused-ring (bicyclic) bond motifs is 1. The number of rotatable bonds is 6. The van der Waals surface area contributed by atoms with Gasteiger partial charge in [0, 0.05) is 5.56 Å². The number of hydrogen-bond donors (Lipinski definition) is 1. The molecule has 1 aromatic heterocycles. The van der Waals surface area contributed by atoms with E-state index in [0.29, 0.717) is 29.9 Å². The molecule has 4 aromatic rings. The number of benzene rings is 3. The second-order valence-electron chi connectivity index (χ2n) is 8.43. The van der Waals surface area contributed by atoms with E-state index in [-0.39, 0.29) is 11.0 Å². The van der Waals surface area contributed by atoms with Crippen molar-refractivity contribution in [3.8, 4) is 22.9 Å². The fourth-order valence-corrected chi connectivity index (χ4v) is 3.30. The van der Waals surface area contributed by atoms with Crippen LogP contribution in [0.4, 0.5) is 0 Å². The molecule has 3 aromatic carbocycles. The van der Waals surface area contributed by atoms with Crippen LogP contribution in [0.1, 0.15) is 26.3 Å². The third-order valence-corrected chi connectivity index (χ3v) is 5.08. The molecule has 0 amide bonds. The Hall–Kier alpha value is -3.60. The summed E-state index contributed by atoms with van der Waals surface area (Å²) in [6.45, 7) is 7.46. The van der Waals surface area contributed by atoms with Crippen molar-refractivity contribution in [1.29, 1.82) is 0 Å². The molecule has 0 spiro atoms. The van der Waals surface area contributed by atoms with Gasteiger partial charge in [-0.2, -0.15) is 0 Å². The van der Waals surface area contributed by atoms with Crippen molar-refractivity contribution in [3.05, 3.63) is 88.7 Å². The summed E-state index contributed by atoms with van der Waals surface area (Å²) < 4.78 is 11.5. The molecule has 5 nitrogen and oxygen atoms in total. The maximum Gasteiger partial charge on any atom is 0.259 e.